The third kappa shape index (κ3) is 5.48. The van der Waals surface area contributed by atoms with Crippen LogP contribution in [0.1, 0.15) is 12.8 Å². The monoisotopic (exact) mass is 97.1 g/mol. The molecular formula is C6H9O. The molecule has 0 amide bonds. The molecule has 0 aromatic rings. The molecule has 0 unspecified atom stereocenters. The van der Waals surface area contributed by atoms with Gasteiger partial charge >= 0.3 is 0 Å². The quantitative estimate of drug-likeness (QED) is 0.376. The second kappa shape index (κ2) is 5.48. The topological polar surface area (TPSA) is 19.9 Å². The van der Waals surface area contributed by atoms with Gasteiger partial charge in [-0.25, -0.2) is 5.11 Å². The molecule has 1 radical (unpaired) electrons. The normalized spacial score (nSPS) is 7.57. The number of allylic oxidation sites excluding steroid dienone is 1. The Morgan fingerprint density at radius 2 is 2.43 bits per heavy atom. The van der Waals surface area contributed by atoms with Gasteiger partial charge in [-0.15, -0.1) is 5.73 Å². The summed E-state index contributed by atoms with van der Waals surface area (Å²) < 4.78 is 0. The van der Waals surface area contributed by atoms with Gasteiger partial charge in [0.15, 0.2) is 0 Å². The van der Waals surface area contributed by atoms with Crippen LogP contribution in [-0.2, 0) is 5.11 Å². The summed E-state index contributed by atoms with van der Waals surface area (Å²) in [6.07, 6.45) is 3.31. The predicted octanol–water partition coefficient (Wildman–Crippen LogP) is 1.54. The fraction of sp³-hybridized carbons (Fsp3) is 0.500. The summed E-state index contributed by atoms with van der Waals surface area (Å²) in [6.45, 7) is 3.36. The Morgan fingerprint density at radius 3 is 2.86 bits per heavy atom. The molecular weight excluding hydrogens is 88.1 g/mol. The molecule has 0 aliphatic carbocycles. The first-order valence-corrected chi connectivity index (χ1v) is 2.34. The summed E-state index contributed by atoms with van der Waals surface area (Å²) in [6, 6.07) is 0. The number of hydrogen-bond acceptors (Lipinski definition) is 0. The lowest BCUT2D eigenvalue weighted by Gasteiger charge is -1.79. The van der Waals surface area contributed by atoms with E-state index < -0.39 is 0 Å². The molecule has 1 heteroatoms. The molecule has 0 aromatic heterocycles. The zero-order valence-electron chi connectivity index (χ0n) is 4.31. The largest absolute Gasteiger partial charge is 0.237 e. The summed E-state index contributed by atoms with van der Waals surface area (Å²) in [5, 5.41) is 9.74. The van der Waals surface area contributed by atoms with E-state index in [1.165, 1.54) is 0 Å². The van der Waals surface area contributed by atoms with Crippen LogP contribution in [0.3, 0.4) is 0 Å². The minimum absolute atomic E-state index is 0.0121. The number of rotatable bonds is 3. The highest BCUT2D eigenvalue weighted by Gasteiger charge is 1.75. The lowest BCUT2D eigenvalue weighted by atomic mass is 10.3. The van der Waals surface area contributed by atoms with Gasteiger partial charge in [0.05, 0.1) is 6.61 Å². The van der Waals surface area contributed by atoms with Crippen LogP contribution < -0.4 is 0 Å². The smallest absolute Gasteiger partial charge is 0.0825 e. The SMILES string of the molecule is C=C=CCCC[O]. The summed E-state index contributed by atoms with van der Waals surface area (Å²) in [5.41, 5.74) is 2.59. The standard InChI is InChI=1S/C6H9O/c1-2-3-4-5-6-7/h3H,1,4-6H2. The van der Waals surface area contributed by atoms with Crippen LogP contribution in [0.25, 0.3) is 0 Å². The average molecular weight is 97.1 g/mol. The van der Waals surface area contributed by atoms with Crippen molar-refractivity contribution >= 4 is 0 Å². The van der Waals surface area contributed by atoms with Crippen molar-refractivity contribution < 1.29 is 5.11 Å². The molecule has 39 valence electrons. The molecule has 0 aromatic carbocycles. The molecule has 7 heavy (non-hydrogen) atoms. The molecule has 0 aliphatic rings. The highest BCUT2D eigenvalue weighted by atomic mass is 16.2. The second-order valence-electron chi connectivity index (χ2n) is 1.25. The van der Waals surface area contributed by atoms with Crippen molar-refractivity contribution in [3.05, 3.63) is 18.4 Å². The lowest BCUT2D eigenvalue weighted by Crippen LogP contribution is -1.74. The van der Waals surface area contributed by atoms with E-state index in [9.17, 15) is 5.11 Å². The molecule has 1 nitrogen and oxygen atoms in total. The molecule has 0 spiro atoms. The van der Waals surface area contributed by atoms with Gasteiger partial charge in [-0.2, -0.15) is 0 Å². The van der Waals surface area contributed by atoms with Crippen LogP contribution in [0.4, 0.5) is 0 Å². The van der Waals surface area contributed by atoms with Gasteiger partial charge in [0, 0.05) is 0 Å². The molecule has 0 fully saturated rings. The Hall–Kier alpha value is -0.520. The predicted molar refractivity (Wildman–Crippen MR) is 28.5 cm³/mol. The highest BCUT2D eigenvalue weighted by molar-refractivity contribution is 4.74. The first-order valence-electron chi connectivity index (χ1n) is 2.34. The first kappa shape index (κ1) is 6.48. The molecule has 0 N–H and O–H groups in total. The van der Waals surface area contributed by atoms with Crippen LogP contribution in [-0.4, -0.2) is 6.61 Å². The third-order valence-electron chi connectivity index (χ3n) is 0.637. The van der Waals surface area contributed by atoms with E-state index in [0.717, 1.165) is 6.42 Å². The van der Waals surface area contributed by atoms with Crippen molar-refractivity contribution in [2.24, 2.45) is 0 Å². The van der Waals surface area contributed by atoms with E-state index >= 15 is 0 Å². The van der Waals surface area contributed by atoms with Gasteiger partial charge < -0.3 is 0 Å². The van der Waals surface area contributed by atoms with E-state index in [-0.39, 0.29) is 6.61 Å². The van der Waals surface area contributed by atoms with E-state index in [1.807, 2.05) is 0 Å². The van der Waals surface area contributed by atoms with Gasteiger partial charge in [0.25, 0.3) is 0 Å². The van der Waals surface area contributed by atoms with Gasteiger partial charge in [-0.05, 0) is 18.9 Å². The lowest BCUT2D eigenvalue weighted by molar-refractivity contribution is 0.190. The Labute approximate surface area is 44.0 Å². The molecule has 0 saturated heterocycles. The van der Waals surface area contributed by atoms with Gasteiger partial charge in [0.1, 0.15) is 0 Å². The van der Waals surface area contributed by atoms with E-state index in [0.29, 0.717) is 6.42 Å². The van der Waals surface area contributed by atoms with E-state index in [1.54, 1.807) is 6.08 Å². The number of hydrogen-bond donors (Lipinski definition) is 0. The van der Waals surface area contributed by atoms with Crippen molar-refractivity contribution in [3.8, 4) is 0 Å². The molecule has 0 aliphatic heterocycles. The van der Waals surface area contributed by atoms with Crippen molar-refractivity contribution in [1.29, 1.82) is 0 Å². The van der Waals surface area contributed by atoms with Crippen LogP contribution >= 0.6 is 0 Å². The molecule has 0 heterocycles. The van der Waals surface area contributed by atoms with Crippen LogP contribution in [0, 0.1) is 0 Å². The highest BCUT2D eigenvalue weighted by Crippen LogP contribution is 1.85. The van der Waals surface area contributed by atoms with Crippen molar-refractivity contribution in [1.82, 2.24) is 0 Å². The van der Waals surface area contributed by atoms with Gasteiger partial charge in [-0.1, -0.05) is 6.58 Å². The van der Waals surface area contributed by atoms with E-state index in [4.69, 9.17) is 0 Å². The van der Waals surface area contributed by atoms with Gasteiger partial charge in [-0.3, -0.25) is 0 Å². The van der Waals surface area contributed by atoms with Crippen molar-refractivity contribution in [2.45, 2.75) is 12.8 Å². The maximum absolute atomic E-state index is 9.74. The summed E-state index contributed by atoms with van der Waals surface area (Å²) in [5.74, 6) is 0. The fourth-order valence-electron chi connectivity index (χ4n) is 0.287. The first-order chi connectivity index (χ1) is 3.41. The third-order valence-corrected chi connectivity index (χ3v) is 0.637. The Balaban J connectivity index is 2.83. The molecule has 0 bridgehead atoms. The number of unbranched alkanes of at least 4 members (excludes halogenated alkanes) is 1. The minimum atomic E-state index is 0.0121. The molecule has 0 atom stereocenters. The van der Waals surface area contributed by atoms with Crippen molar-refractivity contribution in [2.75, 3.05) is 6.61 Å². The van der Waals surface area contributed by atoms with Crippen LogP contribution in [0.5, 0.6) is 0 Å². The summed E-state index contributed by atoms with van der Waals surface area (Å²) >= 11 is 0. The Bertz CT molecular complexity index is 70.2. The fourth-order valence-corrected chi connectivity index (χ4v) is 0.287. The average Bonchev–Trinajstić information content (AvgIpc) is 1.69. The molecule has 0 saturated carbocycles. The van der Waals surface area contributed by atoms with Crippen LogP contribution in [0.15, 0.2) is 18.4 Å². The Morgan fingerprint density at radius 1 is 1.71 bits per heavy atom. The maximum Gasteiger partial charge on any atom is 0.0825 e. The second-order valence-corrected chi connectivity index (χ2v) is 1.25. The summed E-state index contributed by atoms with van der Waals surface area (Å²) in [4.78, 5) is 0. The van der Waals surface area contributed by atoms with E-state index in [2.05, 4.69) is 12.3 Å². The maximum atomic E-state index is 9.74. The minimum Gasteiger partial charge on any atom is -0.237 e. The van der Waals surface area contributed by atoms with Gasteiger partial charge in [0.2, 0.25) is 0 Å². The molecule has 0 rings (SSSR count). The zero-order valence-corrected chi connectivity index (χ0v) is 4.31. The summed E-state index contributed by atoms with van der Waals surface area (Å²) in [7, 11) is 0. The Kier molecular flexibility index (Phi) is 5.07. The zero-order chi connectivity index (χ0) is 5.54. The van der Waals surface area contributed by atoms with Crippen molar-refractivity contribution in [3.63, 3.8) is 0 Å². The van der Waals surface area contributed by atoms with Crippen LogP contribution in [0.2, 0.25) is 0 Å².